The molecule has 1 heterocycles. The average Bonchev–Trinajstić information content (AvgIpc) is 3.38. The second-order valence-corrected chi connectivity index (χ2v) is 7.25. The molecule has 0 fully saturated rings. The largest absolute Gasteiger partial charge is 0.352 e. The van der Waals surface area contributed by atoms with Crippen molar-refractivity contribution in [1.29, 1.82) is 0 Å². The summed E-state index contributed by atoms with van der Waals surface area (Å²) in [6, 6.07) is 20.4. The van der Waals surface area contributed by atoms with Gasteiger partial charge in [-0.15, -0.1) is 0 Å². The monoisotopic (exact) mass is 367 g/mol. The van der Waals surface area contributed by atoms with Crippen LogP contribution in [0.15, 0.2) is 73.1 Å². The number of nitrogens with one attached hydrogen (secondary N) is 1. The van der Waals surface area contributed by atoms with E-state index >= 15 is 0 Å². The molecule has 4 heteroatoms. The first-order chi connectivity index (χ1) is 13.8. The van der Waals surface area contributed by atoms with E-state index in [1.807, 2.05) is 53.5 Å². The Morgan fingerprint density at radius 2 is 1.79 bits per heavy atom. The summed E-state index contributed by atoms with van der Waals surface area (Å²) < 4.78 is 1.86. The Hall–Kier alpha value is -3.40. The summed E-state index contributed by atoms with van der Waals surface area (Å²) in [6.45, 7) is 0.586. The number of nitrogens with zero attached hydrogens (tertiary/aromatic N) is 2. The lowest BCUT2D eigenvalue weighted by Crippen LogP contribution is -2.25. The summed E-state index contributed by atoms with van der Waals surface area (Å²) in [5, 5.41) is 9.83. The smallest absolute Gasteiger partial charge is 0.251 e. The molecule has 0 atom stereocenters. The molecule has 1 aliphatic carbocycles. The number of para-hydroxylation sites is 1. The number of hydrogen-bond acceptors (Lipinski definition) is 2. The molecule has 1 aromatic heterocycles. The van der Waals surface area contributed by atoms with Crippen molar-refractivity contribution in [2.75, 3.05) is 6.54 Å². The summed E-state index contributed by atoms with van der Waals surface area (Å²) in [4.78, 5) is 12.8. The third-order valence-electron chi connectivity index (χ3n) is 5.48. The molecule has 1 N–H and O–H groups in total. The number of amides is 1. The Balaban J connectivity index is 1.28. The molecule has 28 heavy (non-hydrogen) atoms. The lowest BCUT2D eigenvalue weighted by atomic mass is 9.99. The highest BCUT2D eigenvalue weighted by Gasteiger charge is 2.18. The Labute approximate surface area is 163 Å². The summed E-state index contributed by atoms with van der Waals surface area (Å²) in [5.41, 5.74) is 5.61. The van der Waals surface area contributed by atoms with Gasteiger partial charge in [-0.2, -0.15) is 5.10 Å². The third-order valence-corrected chi connectivity index (χ3v) is 5.48. The van der Waals surface area contributed by atoms with E-state index in [0.717, 1.165) is 41.5 Å². The van der Waals surface area contributed by atoms with Gasteiger partial charge in [0.05, 0.1) is 11.9 Å². The first-order valence-corrected chi connectivity index (χ1v) is 9.70. The molecule has 0 saturated heterocycles. The maximum Gasteiger partial charge on any atom is 0.251 e. The van der Waals surface area contributed by atoms with E-state index in [0.29, 0.717) is 6.54 Å². The highest BCUT2D eigenvalue weighted by atomic mass is 16.1. The van der Waals surface area contributed by atoms with Gasteiger partial charge >= 0.3 is 0 Å². The Morgan fingerprint density at radius 1 is 0.964 bits per heavy atom. The quantitative estimate of drug-likeness (QED) is 0.577. The van der Waals surface area contributed by atoms with Crippen LogP contribution in [0.2, 0.25) is 0 Å². The van der Waals surface area contributed by atoms with Crippen molar-refractivity contribution in [1.82, 2.24) is 15.1 Å². The molecule has 0 saturated carbocycles. The maximum absolute atomic E-state index is 12.8. The Kier molecular flexibility index (Phi) is 4.17. The van der Waals surface area contributed by atoms with Crippen LogP contribution < -0.4 is 5.32 Å². The number of aryl methyl sites for hydroxylation is 2. The van der Waals surface area contributed by atoms with Crippen LogP contribution in [-0.4, -0.2) is 22.2 Å². The molecule has 1 amide bonds. The second-order valence-electron chi connectivity index (χ2n) is 7.25. The minimum atomic E-state index is -0.00829. The molecule has 138 valence electrons. The van der Waals surface area contributed by atoms with Crippen molar-refractivity contribution in [2.24, 2.45) is 0 Å². The number of carbonyl (C=O) groups excluding carboxylic acids is 1. The number of hydrogen-bond donors (Lipinski definition) is 1. The van der Waals surface area contributed by atoms with E-state index in [1.165, 1.54) is 16.5 Å². The van der Waals surface area contributed by atoms with Crippen molar-refractivity contribution in [3.05, 3.63) is 95.3 Å². The lowest BCUT2D eigenvalue weighted by Gasteiger charge is -2.09. The molecule has 0 aliphatic heterocycles. The predicted octanol–water partition coefficient (Wildman–Crippen LogP) is 4.10. The first kappa shape index (κ1) is 16.8. The van der Waals surface area contributed by atoms with Crippen molar-refractivity contribution >= 4 is 16.7 Å². The zero-order chi connectivity index (χ0) is 18.9. The van der Waals surface area contributed by atoms with E-state index in [4.69, 9.17) is 0 Å². The van der Waals surface area contributed by atoms with Crippen LogP contribution in [0.3, 0.4) is 0 Å². The summed E-state index contributed by atoms with van der Waals surface area (Å²) in [7, 11) is 0. The average molecular weight is 367 g/mol. The van der Waals surface area contributed by atoms with Crippen LogP contribution in [-0.2, 0) is 19.3 Å². The van der Waals surface area contributed by atoms with E-state index in [2.05, 4.69) is 34.7 Å². The second kappa shape index (κ2) is 6.97. The van der Waals surface area contributed by atoms with Gasteiger partial charge < -0.3 is 5.32 Å². The number of benzene rings is 3. The molecule has 3 aromatic carbocycles. The Bertz CT molecular complexity index is 1150. The van der Waals surface area contributed by atoms with Crippen LogP contribution >= 0.6 is 0 Å². The van der Waals surface area contributed by atoms with Gasteiger partial charge in [0.25, 0.3) is 5.91 Å². The fourth-order valence-electron chi connectivity index (χ4n) is 4.07. The minimum absolute atomic E-state index is 0.00829. The van der Waals surface area contributed by atoms with E-state index in [1.54, 1.807) is 0 Å². The van der Waals surface area contributed by atoms with E-state index in [9.17, 15) is 4.79 Å². The van der Waals surface area contributed by atoms with Gasteiger partial charge in [-0.1, -0.05) is 42.5 Å². The molecule has 5 rings (SSSR count). The van der Waals surface area contributed by atoms with E-state index < -0.39 is 0 Å². The molecule has 4 nitrogen and oxygen atoms in total. The molecule has 0 radical (unpaired) electrons. The molecular formula is C24H21N3O. The highest BCUT2D eigenvalue weighted by Crippen LogP contribution is 2.32. The molecule has 0 spiro atoms. The van der Waals surface area contributed by atoms with Crippen molar-refractivity contribution < 1.29 is 4.79 Å². The first-order valence-electron chi connectivity index (χ1n) is 9.70. The van der Waals surface area contributed by atoms with Gasteiger partial charge in [0.15, 0.2) is 0 Å². The molecular weight excluding hydrogens is 346 g/mol. The van der Waals surface area contributed by atoms with Crippen LogP contribution in [0.25, 0.3) is 16.5 Å². The SMILES string of the molecule is O=C(NCCc1cnn(-c2ccccc2)c1)c1ccc2c3c(cccc13)CC2. The van der Waals surface area contributed by atoms with Gasteiger partial charge in [-0.3, -0.25) is 4.79 Å². The molecule has 0 unspecified atom stereocenters. The molecule has 0 bridgehead atoms. The molecule has 4 aromatic rings. The van der Waals surface area contributed by atoms with Crippen LogP contribution in [0.5, 0.6) is 0 Å². The van der Waals surface area contributed by atoms with Gasteiger partial charge in [0.2, 0.25) is 0 Å². The fourth-order valence-corrected chi connectivity index (χ4v) is 4.07. The van der Waals surface area contributed by atoms with Crippen molar-refractivity contribution in [2.45, 2.75) is 19.3 Å². The number of carbonyl (C=O) groups is 1. The normalized spacial score (nSPS) is 12.4. The summed E-state index contributed by atoms with van der Waals surface area (Å²) in [5.74, 6) is -0.00829. The van der Waals surface area contributed by atoms with Gasteiger partial charge in [-0.25, -0.2) is 4.68 Å². The third kappa shape index (κ3) is 2.97. The Morgan fingerprint density at radius 3 is 2.64 bits per heavy atom. The van der Waals surface area contributed by atoms with Gasteiger partial charge in [0, 0.05) is 18.3 Å². The maximum atomic E-state index is 12.8. The van der Waals surface area contributed by atoms with Gasteiger partial charge in [-0.05, 0) is 64.9 Å². The minimum Gasteiger partial charge on any atom is -0.352 e. The summed E-state index contributed by atoms with van der Waals surface area (Å²) in [6.07, 6.45) is 6.77. The van der Waals surface area contributed by atoms with Crippen LogP contribution in [0, 0.1) is 0 Å². The molecule has 1 aliphatic rings. The van der Waals surface area contributed by atoms with Gasteiger partial charge in [0.1, 0.15) is 0 Å². The zero-order valence-electron chi connectivity index (χ0n) is 15.6. The van der Waals surface area contributed by atoms with Crippen molar-refractivity contribution in [3.8, 4) is 5.69 Å². The fraction of sp³-hybridized carbons (Fsp3) is 0.167. The standard InChI is InChI=1S/C24H21N3O/c28-24(22-12-11-19-10-9-18-5-4-8-21(22)23(18)19)25-14-13-17-15-26-27(16-17)20-6-2-1-3-7-20/h1-8,11-12,15-16H,9-10,13-14H2,(H,25,28). The van der Waals surface area contributed by atoms with Crippen molar-refractivity contribution in [3.63, 3.8) is 0 Å². The topological polar surface area (TPSA) is 46.9 Å². The summed E-state index contributed by atoms with van der Waals surface area (Å²) >= 11 is 0. The van der Waals surface area contributed by atoms with E-state index in [-0.39, 0.29) is 5.91 Å². The predicted molar refractivity (Wildman–Crippen MR) is 111 cm³/mol. The lowest BCUT2D eigenvalue weighted by molar-refractivity contribution is 0.0956. The number of aromatic nitrogens is 2. The zero-order valence-corrected chi connectivity index (χ0v) is 15.6. The highest BCUT2D eigenvalue weighted by molar-refractivity contribution is 6.09. The van der Waals surface area contributed by atoms with Crippen LogP contribution in [0.1, 0.15) is 27.0 Å². The van der Waals surface area contributed by atoms with Crippen LogP contribution in [0.4, 0.5) is 0 Å². The number of rotatable bonds is 5.